The zero-order valence-corrected chi connectivity index (χ0v) is 15.9. The second-order valence-corrected chi connectivity index (χ2v) is 5.66. The molecule has 0 saturated heterocycles. The molecule has 2 amide bonds. The van der Waals surface area contributed by atoms with Crippen LogP contribution in [0.25, 0.3) is 0 Å². The van der Waals surface area contributed by atoms with E-state index in [1.54, 1.807) is 43.3 Å². The van der Waals surface area contributed by atoms with Crippen molar-refractivity contribution >= 4 is 29.2 Å². The van der Waals surface area contributed by atoms with Crippen molar-refractivity contribution in [1.29, 1.82) is 0 Å². The number of amides is 2. The molecule has 0 aliphatic heterocycles. The number of carbonyl (C=O) groups is 3. The third-order valence-corrected chi connectivity index (χ3v) is 3.75. The van der Waals surface area contributed by atoms with E-state index < -0.39 is 5.97 Å². The van der Waals surface area contributed by atoms with Crippen molar-refractivity contribution in [1.82, 2.24) is 0 Å². The summed E-state index contributed by atoms with van der Waals surface area (Å²) in [5.74, 6) is -0.321. The molecule has 0 spiro atoms. The monoisotopic (exact) mass is 386 g/mol. The lowest BCUT2D eigenvalue weighted by atomic mass is 10.1. The first-order valence-corrected chi connectivity index (χ1v) is 8.55. The minimum Gasteiger partial charge on any atom is -0.493 e. The van der Waals surface area contributed by atoms with Gasteiger partial charge in [-0.05, 0) is 42.5 Å². The number of nitrogens with one attached hydrogen (secondary N) is 2. The Morgan fingerprint density at radius 1 is 0.893 bits per heavy atom. The largest absolute Gasteiger partial charge is 0.493 e. The van der Waals surface area contributed by atoms with E-state index >= 15 is 0 Å². The van der Waals surface area contributed by atoms with Gasteiger partial charge in [0.2, 0.25) is 5.91 Å². The molecule has 2 aromatic carbocycles. The Bertz CT molecular complexity index is 848. The molecular formula is C20H22N2O6. The Hall–Kier alpha value is -3.55. The highest BCUT2D eigenvalue weighted by molar-refractivity contribution is 6.04. The highest BCUT2D eigenvalue weighted by Crippen LogP contribution is 2.28. The number of anilines is 2. The van der Waals surface area contributed by atoms with Gasteiger partial charge in [-0.25, -0.2) is 4.79 Å². The summed E-state index contributed by atoms with van der Waals surface area (Å²) in [5.41, 5.74) is 1.58. The Morgan fingerprint density at radius 3 is 2.11 bits per heavy atom. The van der Waals surface area contributed by atoms with Crippen LogP contribution >= 0.6 is 0 Å². The number of esters is 1. The van der Waals surface area contributed by atoms with Gasteiger partial charge in [-0.15, -0.1) is 0 Å². The van der Waals surface area contributed by atoms with Crippen molar-refractivity contribution in [2.45, 2.75) is 13.3 Å². The van der Waals surface area contributed by atoms with Crippen molar-refractivity contribution in [3.05, 3.63) is 48.0 Å². The topological polar surface area (TPSA) is 103 Å². The van der Waals surface area contributed by atoms with Crippen LogP contribution in [0.2, 0.25) is 0 Å². The van der Waals surface area contributed by atoms with Crippen LogP contribution in [0.15, 0.2) is 42.5 Å². The van der Waals surface area contributed by atoms with Gasteiger partial charge in [-0.3, -0.25) is 9.59 Å². The molecule has 2 rings (SSSR count). The lowest BCUT2D eigenvalue weighted by Crippen LogP contribution is -2.14. The lowest BCUT2D eigenvalue weighted by molar-refractivity contribution is -0.142. The molecular weight excluding hydrogens is 364 g/mol. The molecule has 0 radical (unpaired) electrons. The van der Waals surface area contributed by atoms with Crippen LogP contribution in [0.4, 0.5) is 11.4 Å². The van der Waals surface area contributed by atoms with Gasteiger partial charge in [0, 0.05) is 23.4 Å². The predicted octanol–water partition coefficient (Wildman–Crippen LogP) is 2.85. The van der Waals surface area contributed by atoms with Gasteiger partial charge in [0.05, 0.1) is 14.2 Å². The number of rotatable bonds is 8. The number of carbonyl (C=O) groups excluding carboxylic acids is 3. The van der Waals surface area contributed by atoms with Crippen LogP contribution in [0.1, 0.15) is 23.7 Å². The number of methoxy groups -OCH3 is 2. The maximum absolute atomic E-state index is 12.5. The summed E-state index contributed by atoms with van der Waals surface area (Å²) in [6.45, 7) is 1.50. The van der Waals surface area contributed by atoms with Crippen molar-refractivity contribution in [2.75, 3.05) is 31.5 Å². The molecule has 28 heavy (non-hydrogen) atoms. The first-order chi connectivity index (χ1) is 13.5. The average Bonchev–Trinajstić information content (AvgIpc) is 2.72. The van der Waals surface area contributed by atoms with Crippen LogP contribution in [-0.2, 0) is 14.3 Å². The molecule has 0 aromatic heterocycles. The van der Waals surface area contributed by atoms with Crippen LogP contribution in [-0.4, -0.2) is 38.6 Å². The molecule has 0 unspecified atom stereocenters. The Balaban J connectivity index is 2.05. The predicted molar refractivity (Wildman–Crippen MR) is 104 cm³/mol. The molecule has 0 heterocycles. The third-order valence-electron chi connectivity index (χ3n) is 3.75. The summed E-state index contributed by atoms with van der Waals surface area (Å²) in [6, 6.07) is 11.4. The van der Waals surface area contributed by atoms with Gasteiger partial charge in [0.1, 0.15) is 0 Å². The number of hydrogen-bond acceptors (Lipinski definition) is 6. The smallest absolute Gasteiger partial charge is 0.343 e. The Kier molecular flexibility index (Phi) is 7.38. The van der Waals surface area contributed by atoms with E-state index in [1.165, 1.54) is 20.3 Å². The van der Waals surface area contributed by atoms with Crippen molar-refractivity contribution in [2.24, 2.45) is 0 Å². The lowest BCUT2D eigenvalue weighted by Gasteiger charge is -2.12. The molecule has 8 nitrogen and oxygen atoms in total. The fourth-order valence-corrected chi connectivity index (χ4v) is 2.21. The van der Waals surface area contributed by atoms with Crippen LogP contribution in [0.5, 0.6) is 11.5 Å². The van der Waals surface area contributed by atoms with Gasteiger partial charge in [0.25, 0.3) is 5.91 Å². The molecule has 0 atom stereocenters. The van der Waals surface area contributed by atoms with E-state index in [4.69, 9.17) is 9.47 Å². The summed E-state index contributed by atoms with van der Waals surface area (Å²) in [4.78, 5) is 35.0. The molecule has 0 aliphatic rings. The average molecular weight is 386 g/mol. The second kappa shape index (κ2) is 9.96. The van der Waals surface area contributed by atoms with E-state index in [0.29, 0.717) is 34.9 Å². The van der Waals surface area contributed by atoms with Gasteiger partial charge in [0.15, 0.2) is 18.1 Å². The SMILES string of the molecule is CCC(=O)Nc1ccc(NC(=O)c2ccc(OCC(=O)OC)c(OC)c2)cc1. The van der Waals surface area contributed by atoms with Gasteiger partial charge >= 0.3 is 5.97 Å². The first kappa shape index (κ1) is 20.8. The highest BCUT2D eigenvalue weighted by Gasteiger charge is 2.13. The highest BCUT2D eigenvalue weighted by atomic mass is 16.6. The maximum Gasteiger partial charge on any atom is 0.343 e. The second-order valence-electron chi connectivity index (χ2n) is 5.66. The van der Waals surface area contributed by atoms with Crippen molar-refractivity contribution < 1.29 is 28.6 Å². The number of benzene rings is 2. The van der Waals surface area contributed by atoms with E-state index in [-0.39, 0.29) is 18.4 Å². The number of hydrogen-bond donors (Lipinski definition) is 2. The van der Waals surface area contributed by atoms with Crippen molar-refractivity contribution in [3.63, 3.8) is 0 Å². The van der Waals surface area contributed by atoms with E-state index in [9.17, 15) is 14.4 Å². The van der Waals surface area contributed by atoms with Gasteiger partial charge in [-0.2, -0.15) is 0 Å². The van der Waals surface area contributed by atoms with E-state index in [0.717, 1.165) is 0 Å². The minimum absolute atomic E-state index is 0.0848. The van der Waals surface area contributed by atoms with Gasteiger partial charge in [-0.1, -0.05) is 6.92 Å². The fraction of sp³-hybridized carbons (Fsp3) is 0.250. The standard InChI is InChI=1S/C20H22N2O6/c1-4-18(23)21-14-6-8-15(9-7-14)22-20(25)13-5-10-16(17(11-13)26-2)28-12-19(24)27-3/h5-11H,4,12H2,1-3H3,(H,21,23)(H,22,25). The first-order valence-electron chi connectivity index (χ1n) is 8.55. The molecule has 0 fully saturated rings. The molecule has 2 aromatic rings. The molecule has 8 heteroatoms. The quantitative estimate of drug-likeness (QED) is 0.676. The van der Waals surface area contributed by atoms with Crippen LogP contribution in [0, 0.1) is 0 Å². The van der Waals surface area contributed by atoms with E-state index in [1.807, 2.05) is 0 Å². The Morgan fingerprint density at radius 2 is 1.54 bits per heavy atom. The summed E-state index contributed by atoms with van der Waals surface area (Å²) >= 11 is 0. The van der Waals surface area contributed by atoms with Gasteiger partial charge < -0.3 is 24.8 Å². The summed E-state index contributed by atoms with van der Waals surface area (Å²) in [6.07, 6.45) is 0.389. The van der Waals surface area contributed by atoms with Crippen LogP contribution < -0.4 is 20.1 Å². The molecule has 0 bridgehead atoms. The number of ether oxygens (including phenoxy) is 3. The minimum atomic E-state index is -0.526. The zero-order chi connectivity index (χ0) is 20.5. The zero-order valence-electron chi connectivity index (χ0n) is 15.9. The Labute approximate surface area is 162 Å². The third kappa shape index (κ3) is 5.73. The molecule has 2 N–H and O–H groups in total. The normalized spacial score (nSPS) is 9.96. The fourth-order valence-electron chi connectivity index (χ4n) is 2.21. The van der Waals surface area contributed by atoms with Crippen molar-refractivity contribution in [3.8, 4) is 11.5 Å². The van der Waals surface area contributed by atoms with E-state index in [2.05, 4.69) is 15.4 Å². The summed E-state index contributed by atoms with van der Waals surface area (Å²) in [5, 5.41) is 5.49. The molecule has 0 aliphatic carbocycles. The maximum atomic E-state index is 12.5. The molecule has 0 saturated carbocycles. The summed E-state index contributed by atoms with van der Waals surface area (Å²) in [7, 11) is 2.70. The van der Waals surface area contributed by atoms with Crippen LogP contribution in [0.3, 0.4) is 0 Å². The summed E-state index contributed by atoms with van der Waals surface area (Å²) < 4.78 is 15.1. The molecule has 148 valence electrons.